The number of cyclic esters (lactones) is 1. The molecule has 36 heavy (non-hydrogen) atoms. The molecule has 6 rings (SSSR count). The van der Waals surface area contributed by atoms with Gasteiger partial charge in [-0.05, 0) is 88.9 Å². The SMILES string of the molecule is C=C1CCC(CCC2CCC3(OC2)OC2(O)CCC3(C)OC2(C)C)C(C)(C)C1CC=C1CCOC1=O. The second-order valence-corrected chi connectivity index (χ2v) is 13.4. The van der Waals surface area contributed by atoms with Crippen molar-refractivity contribution in [2.45, 2.75) is 122 Å². The van der Waals surface area contributed by atoms with Crippen molar-refractivity contribution in [3.8, 4) is 0 Å². The molecule has 6 heteroatoms. The molecule has 1 N–H and O–H groups in total. The lowest BCUT2D eigenvalue weighted by Gasteiger charge is -2.66. The minimum atomic E-state index is -1.30. The van der Waals surface area contributed by atoms with Gasteiger partial charge in [-0.2, -0.15) is 0 Å². The zero-order valence-electron chi connectivity index (χ0n) is 23.0. The maximum atomic E-state index is 11.9. The van der Waals surface area contributed by atoms with Gasteiger partial charge in [0.2, 0.25) is 5.79 Å². The molecule has 6 unspecified atom stereocenters. The van der Waals surface area contributed by atoms with Crippen molar-refractivity contribution >= 4 is 5.97 Å². The topological polar surface area (TPSA) is 74.2 Å². The molecular formula is C30H46O6. The van der Waals surface area contributed by atoms with Crippen LogP contribution in [0.2, 0.25) is 0 Å². The molecule has 5 heterocycles. The molecule has 202 valence electrons. The summed E-state index contributed by atoms with van der Waals surface area (Å²) in [4.78, 5) is 11.9. The van der Waals surface area contributed by atoms with E-state index in [4.69, 9.17) is 18.9 Å². The largest absolute Gasteiger partial charge is 0.462 e. The zero-order chi connectivity index (χ0) is 26.0. The quantitative estimate of drug-likeness (QED) is 0.290. The lowest BCUT2D eigenvalue weighted by Crippen LogP contribution is -2.78. The van der Waals surface area contributed by atoms with E-state index < -0.39 is 22.8 Å². The van der Waals surface area contributed by atoms with Gasteiger partial charge < -0.3 is 24.1 Å². The van der Waals surface area contributed by atoms with E-state index in [1.54, 1.807) is 0 Å². The first-order chi connectivity index (χ1) is 16.8. The average Bonchev–Trinajstić information content (AvgIpc) is 3.20. The highest BCUT2D eigenvalue weighted by Crippen LogP contribution is 2.59. The summed E-state index contributed by atoms with van der Waals surface area (Å²) in [5.41, 5.74) is 1.00. The fraction of sp³-hybridized carbons (Fsp3) is 0.833. The van der Waals surface area contributed by atoms with Crippen LogP contribution in [-0.2, 0) is 23.7 Å². The van der Waals surface area contributed by atoms with Crippen molar-refractivity contribution in [1.29, 1.82) is 0 Å². The Kier molecular flexibility index (Phi) is 6.55. The first kappa shape index (κ1) is 26.4. The summed E-state index contributed by atoms with van der Waals surface area (Å²) in [7, 11) is 0. The highest BCUT2D eigenvalue weighted by molar-refractivity contribution is 5.90. The molecule has 6 fully saturated rings. The summed E-state index contributed by atoms with van der Waals surface area (Å²) in [5, 5.41) is 11.2. The van der Waals surface area contributed by atoms with E-state index >= 15 is 0 Å². The van der Waals surface area contributed by atoms with Crippen LogP contribution in [0.1, 0.15) is 98.8 Å². The Morgan fingerprint density at radius 1 is 1.03 bits per heavy atom. The van der Waals surface area contributed by atoms with E-state index in [1.165, 1.54) is 18.4 Å². The molecule has 0 radical (unpaired) electrons. The maximum Gasteiger partial charge on any atom is 0.333 e. The summed E-state index contributed by atoms with van der Waals surface area (Å²) in [6, 6.07) is 0. The van der Waals surface area contributed by atoms with Crippen molar-refractivity contribution in [2.75, 3.05) is 13.2 Å². The van der Waals surface area contributed by atoms with E-state index in [2.05, 4.69) is 33.4 Å². The minimum absolute atomic E-state index is 0.132. The third-order valence-corrected chi connectivity index (χ3v) is 10.6. The number of esters is 1. The molecule has 1 spiro atoms. The average molecular weight is 503 g/mol. The fourth-order valence-electron chi connectivity index (χ4n) is 7.79. The van der Waals surface area contributed by atoms with Crippen LogP contribution < -0.4 is 0 Å². The number of rotatable bonds is 5. The van der Waals surface area contributed by atoms with Gasteiger partial charge in [-0.3, -0.25) is 0 Å². The van der Waals surface area contributed by atoms with E-state index in [0.717, 1.165) is 50.5 Å². The van der Waals surface area contributed by atoms with E-state index in [9.17, 15) is 9.90 Å². The monoisotopic (exact) mass is 502 g/mol. The number of hydrogen-bond donors (Lipinski definition) is 1. The molecule has 6 nitrogen and oxygen atoms in total. The standard InChI is InChI=1S/C30H46O6/c1-20-7-10-23(26(2,3)24(20)12-9-22-14-18-33-25(22)31)11-8-21-13-15-30(34-19-21)28(6)16-17-29(32,36-30)27(4,5)35-28/h9,21,23-24,32H,1,7-8,10-19H2,2-6H3. The van der Waals surface area contributed by atoms with Crippen molar-refractivity contribution in [2.24, 2.45) is 23.2 Å². The van der Waals surface area contributed by atoms with Crippen molar-refractivity contribution in [3.05, 3.63) is 23.8 Å². The second kappa shape index (κ2) is 8.93. The summed E-state index contributed by atoms with van der Waals surface area (Å²) in [6.45, 7) is 16.3. The number of carbonyl (C=O) groups is 1. The Labute approximate surface area is 216 Å². The molecule has 5 aliphatic heterocycles. The van der Waals surface area contributed by atoms with Gasteiger partial charge >= 0.3 is 5.97 Å². The molecular weight excluding hydrogens is 456 g/mol. The van der Waals surface area contributed by atoms with Gasteiger partial charge in [-0.25, -0.2) is 4.79 Å². The highest BCUT2D eigenvalue weighted by atomic mass is 16.8. The van der Waals surface area contributed by atoms with Crippen molar-refractivity contribution < 1.29 is 28.8 Å². The van der Waals surface area contributed by atoms with Gasteiger partial charge in [0.15, 0.2) is 5.79 Å². The molecule has 0 amide bonds. The molecule has 1 saturated carbocycles. The molecule has 0 aromatic carbocycles. The van der Waals surface area contributed by atoms with Gasteiger partial charge in [-0.15, -0.1) is 0 Å². The van der Waals surface area contributed by atoms with Crippen molar-refractivity contribution in [3.63, 3.8) is 0 Å². The molecule has 1 aliphatic carbocycles. The molecule has 0 aromatic rings. The first-order valence-corrected chi connectivity index (χ1v) is 14.1. The Morgan fingerprint density at radius 3 is 2.44 bits per heavy atom. The Hall–Kier alpha value is -1.21. The maximum absolute atomic E-state index is 11.9. The van der Waals surface area contributed by atoms with Crippen LogP contribution >= 0.6 is 0 Å². The molecule has 2 bridgehead atoms. The number of carbonyl (C=O) groups excluding carboxylic acids is 1. The van der Waals surface area contributed by atoms with E-state index in [1.807, 2.05) is 13.8 Å². The lowest BCUT2D eigenvalue weighted by atomic mass is 9.58. The number of fused-ring (bicyclic) bond motifs is 2. The third kappa shape index (κ3) is 4.20. The summed E-state index contributed by atoms with van der Waals surface area (Å²) >= 11 is 0. The van der Waals surface area contributed by atoms with Gasteiger partial charge in [0.1, 0.15) is 11.2 Å². The van der Waals surface area contributed by atoms with E-state index in [-0.39, 0.29) is 11.4 Å². The summed E-state index contributed by atoms with van der Waals surface area (Å²) < 4.78 is 24.4. The normalized spacial score (nSPS) is 44.8. The van der Waals surface area contributed by atoms with Crippen LogP contribution in [-0.4, -0.2) is 47.1 Å². The van der Waals surface area contributed by atoms with Crippen LogP contribution in [0.4, 0.5) is 0 Å². The molecule has 6 aliphatic rings. The fourth-order valence-corrected chi connectivity index (χ4v) is 7.79. The van der Waals surface area contributed by atoms with Crippen LogP contribution in [0.25, 0.3) is 0 Å². The molecule has 6 atom stereocenters. The minimum Gasteiger partial charge on any atom is -0.462 e. The summed E-state index contributed by atoms with van der Waals surface area (Å²) in [5.74, 6) is -0.816. The first-order valence-electron chi connectivity index (χ1n) is 14.1. The van der Waals surface area contributed by atoms with Crippen LogP contribution in [0.5, 0.6) is 0 Å². The van der Waals surface area contributed by atoms with Crippen LogP contribution in [0.15, 0.2) is 23.8 Å². The number of aliphatic hydroxyl groups is 1. The third-order valence-electron chi connectivity index (χ3n) is 10.6. The Morgan fingerprint density at radius 2 is 1.81 bits per heavy atom. The van der Waals surface area contributed by atoms with Crippen LogP contribution in [0.3, 0.4) is 0 Å². The predicted octanol–water partition coefficient (Wildman–Crippen LogP) is 5.83. The smallest absolute Gasteiger partial charge is 0.333 e. The van der Waals surface area contributed by atoms with Gasteiger partial charge in [-0.1, -0.05) is 32.1 Å². The van der Waals surface area contributed by atoms with Gasteiger partial charge in [0.05, 0.1) is 13.2 Å². The number of allylic oxidation sites excluding steroid dienone is 2. The van der Waals surface area contributed by atoms with E-state index in [0.29, 0.717) is 37.4 Å². The summed E-state index contributed by atoms with van der Waals surface area (Å²) in [6.07, 6.45) is 11.3. The van der Waals surface area contributed by atoms with Gasteiger partial charge in [0.25, 0.3) is 0 Å². The Bertz CT molecular complexity index is 926. The second-order valence-electron chi connectivity index (χ2n) is 13.4. The van der Waals surface area contributed by atoms with Crippen LogP contribution in [0, 0.1) is 23.2 Å². The molecule has 0 aromatic heterocycles. The van der Waals surface area contributed by atoms with Gasteiger partial charge in [0, 0.05) is 24.8 Å². The van der Waals surface area contributed by atoms with Crippen molar-refractivity contribution in [1.82, 2.24) is 0 Å². The molecule has 5 saturated heterocycles. The number of hydrogen-bond acceptors (Lipinski definition) is 6. The predicted molar refractivity (Wildman–Crippen MR) is 137 cm³/mol. The number of ether oxygens (including phenoxy) is 4. The zero-order valence-corrected chi connectivity index (χ0v) is 23.0. The Balaban J connectivity index is 1.18. The lowest BCUT2D eigenvalue weighted by molar-refractivity contribution is -0.522. The highest BCUT2D eigenvalue weighted by Gasteiger charge is 2.71.